The molecule has 0 saturated carbocycles. The Morgan fingerprint density at radius 1 is 1.05 bits per heavy atom. The highest BCUT2D eigenvalue weighted by molar-refractivity contribution is 5.94. The summed E-state index contributed by atoms with van der Waals surface area (Å²) in [5.74, 6) is 1.90. The molecule has 0 bridgehead atoms. The molecule has 6 rings (SSSR count). The van der Waals surface area contributed by atoms with Crippen molar-refractivity contribution in [3.8, 4) is 5.75 Å². The van der Waals surface area contributed by atoms with E-state index in [1.807, 2.05) is 23.2 Å². The van der Waals surface area contributed by atoms with Gasteiger partial charge in [0.25, 0.3) is 0 Å². The second-order valence-corrected chi connectivity index (χ2v) is 10.1. The number of urea groups is 1. The van der Waals surface area contributed by atoms with Crippen molar-refractivity contribution in [3.63, 3.8) is 0 Å². The molecule has 0 spiro atoms. The zero-order valence-electron chi connectivity index (χ0n) is 22.1. The standard InChI is InChI=1S/C28H34N8O2/c1-33-13-15-35(16-14-33)21-9-7-20(8-10-21)31-27-30-17-19-18-36(28(37)34(2)26(19)32-27)23-11-12-29-25-22(23)5-4-6-24(25)38-3/h4-10,17,23,29H,11-16,18H2,1-3H3,(H,30,31,32)/t23-/m1/s1. The summed E-state index contributed by atoms with van der Waals surface area (Å²) >= 11 is 0. The molecular weight excluding hydrogens is 480 g/mol. The van der Waals surface area contributed by atoms with Crippen molar-refractivity contribution in [1.82, 2.24) is 19.8 Å². The number of carbonyl (C=O) groups is 1. The number of nitrogens with one attached hydrogen (secondary N) is 2. The lowest BCUT2D eigenvalue weighted by Crippen LogP contribution is -2.48. The highest BCUT2D eigenvalue weighted by atomic mass is 16.5. The number of aromatic nitrogens is 2. The lowest BCUT2D eigenvalue weighted by molar-refractivity contribution is 0.169. The van der Waals surface area contributed by atoms with Crippen LogP contribution in [0.4, 0.5) is 33.6 Å². The van der Waals surface area contributed by atoms with Crippen LogP contribution < -0.4 is 25.2 Å². The number of carbonyl (C=O) groups excluding carboxylic acids is 1. The van der Waals surface area contributed by atoms with E-state index >= 15 is 0 Å². The number of ether oxygens (including phenoxy) is 1. The van der Waals surface area contributed by atoms with Crippen LogP contribution in [0.3, 0.4) is 0 Å². The van der Waals surface area contributed by atoms with Crippen molar-refractivity contribution in [3.05, 3.63) is 59.8 Å². The van der Waals surface area contributed by atoms with Crippen molar-refractivity contribution < 1.29 is 9.53 Å². The Morgan fingerprint density at radius 3 is 2.61 bits per heavy atom. The predicted molar refractivity (Wildman–Crippen MR) is 150 cm³/mol. The molecule has 3 aliphatic heterocycles. The van der Waals surface area contributed by atoms with E-state index in [1.54, 1.807) is 19.1 Å². The molecule has 0 radical (unpaired) electrons. The fraction of sp³-hybridized carbons (Fsp3) is 0.393. The van der Waals surface area contributed by atoms with E-state index in [1.165, 1.54) is 5.69 Å². The number of anilines is 5. The van der Waals surface area contributed by atoms with Crippen LogP contribution in [0.5, 0.6) is 5.75 Å². The number of para-hydroxylation sites is 1. The van der Waals surface area contributed by atoms with Gasteiger partial charge in [0.05, 0.1) is 25.4 Å². The zero-order valence-corrected chi connectivity index (χ0v) is 22.1. The van der Waals surface area contributed by atoms with Gasteiger partial charge in [0.2, 0.25) is 5.95 Å². The lowest BCUT2D eigenvalue weighted by Gasteiger charge is -2.41. The quantitative estimate of drug-likeness (QED) is 0.530. The van der Waals surface area contributed by atoms with Crippen molar-refractivity contribution in [1.29, 1.82) is 0 Å². The first-order chi connectivity index (χ1) is 18.5. The number of hydrogen-bond donors (Lipinski definition) is 2. The Bertz CT molecular complexity index is 1320. The Labute approximate surface area is 223 Å². The molecule has 198 valence electrons. The van der Waals surface area contributed by atoms with E-state index in [0.29, 0.717) is 18.3 Å². The molecule has 1 fully saturated rings. The van der Waals surface area contributed by atoms with Crippen molar-refractivity contribution in [2.45, 2.75) is 19.0 Å². The zero-order chi connectivity index (χ0) is 26.2. The predicted octanol–water partition coefficient (Wildman–Crippen LogP) is 3.91. The van der Waals surface area contributed by atoms with E-state index in [0.717, 1.165) is 67.4 Å². The summed E-state index contributed by atoms with van der Waals surface area (Å²) in [6, 6.07) is 14.2. The lowest BCUT2D eigenvalue weighted by atomic mass is 9.95. The Balaban J connectivity index is 1.19. The molecule has 3 aromatic rings. The normalized spacial score (nSPS) is 19.5. The second-order valence-electron chi connectivity index (χ2n) is 10.1. The summed E-state index contributed by atoms with van der Waals surface area (Å²) < 4.78 is 5.55. The maximum atomic E-state index is 13.5. The fourth-order valence-electron chi connectivity index (χ4n) is 5.59. The van der Waals surface area contributed by atoms with E-state index in [-0.39, 0.29) is 12.1 Å². The van der Waals surface area contributed by atoms with Gasteiger partial charge in [0.15, 0.2) is 0 Å². The first-order valence-electron chi connectivity index (χ1n) is 13.1. The molecule has 38 heavy (non-hydrogen) atoms. The highest BCUT2D eigenvalue weighted by Gasteiger charge is 2.37. The van der Waals surface area contributed by atoms with Crippen LogP contribution >= 0.6 is 0 Å². The third-order valence-electron chi connectivity index (χ3n) is 7.76. The van der Waals surface area contributed by atoms with Gasteiger partial charge >= 0.3 is 6.03 Å². The maximum Gasteiger partial charge on any atom is 0.326 e. The molecule has 1 aromatic heterocycles. The molecule has 10 heteroatoms. The minimum atomic E-state index is -0.0700. The van der Waals surface area contributed by atoms with E-state index in [2.05, 4.69) is 62.8 Å². The van der Waals surface area contributed by atoms with Crippen LogP contribution in [0.2, 0.25) is 0 Å². The Hall–Kier alpha value is -4.05. The average Bonchev–Trinajstić information content (AvgIpc) is 2.95. The number of rotatable bonds is 5. The summed E-state index contributed by atoms with van der Waals surface area (Å²) in [4.78, 5) is 31.1. The first kappa shape index (κ1) is 24.3. The van der Waals surface area contributed by atoms with Gasteiger partial charge in [-0.3, -0.25) is 4.90 Å². The molecule has 2 amide bonds. The molecule has 2 aromatic carbocycles. The molecule has 1 saturated heterocycles. The highest BCUT2D eigenvalue weighted by Crippen LogP contribution is 2.42. The van der Waals surface area contributed by atoms with Crippen molar-refractivity contribution in [2.24, 2.45) is 0 Å². The summed E-state index contributed by atoms with van der Waals surface area (Å²) in [5, 5.41) is 6.74. The topological polar surface area (TPSA) is 89.1 Å². The number of piperazine rings is 1. The minimum Gasteiger partial charge on any atom is -0.495 e. The number of fused-ring (bicyclic) bond motifs is 2. The smallest absolute Gasteiger partial charge is 0.326 e. The number of benzene rings is 2. The molecule has 1 atom stereocenters. The SMILES string of the molecule is COc1cccc2c1NCC[C@H]2N1Cc2cnc(Nc3ccc(N4CCN(C)CC4)cc3)nc2N(C)C1=O. The summed E-state index contributed by atoms with van der Waals surface area (Å²) in [7, 11) is 5.61. The fourth-order valence-corrected chi connectivity index (χ4v) is 5.59. The molecule has 2 N–H and O–H groups in total. The molecule has 10 nitrogen and oxygen atoms in total. The van der Waals surface area contributed by atoms with Gasteiger partial charge in [-0.2, -0.15) is 4.98 Å². The molecule has 3 aliphatic rings. The van der Waals surface area contributed by atoms with Gasteiger partial charge < -0.3 is 30.1 Å². The molecule has 4 heterocycles. The Morgan fingerprint density at radius 2 is 1.84 bits per heavy atom. The van der Waals surface area contributed by atoms with Crippen molar-refractivity contribution >= 4 is 34.9 Å². The Kier molecular flexibility index (Phi) is 6.40. The summed E-state index contributed by atoms with van der Waals surface area (Å²) in [6.07, 6.45) is 2.65. The number of hydrogen-bond acceptors (Lipinski definition) is 8. The van der Waals surface area contributed by atoms with Crippen LogP contribution in [-0.2, 0) is 6.54 Å². The second kappa shape index (κ2) is 10.0. The number of amides is 2. The number of likely N-dealkylation sites (N-methyl/N-ethyl adjacent to an activating group) is 1. The van der Waals surface area contributed by atoms with Crippen LogP contribution in [0.25, 0.3) is 0 Å². The van der Waals surface area contributed by atoms with Gasteiger partial charge in [-0.25, -0.2) is 9.78 Å². The van der Waals surface area contributed by atoms with Crippen LogP contribution in [-0.4, -0.2) is 79.7 Å². The third kappa shape index (κ3) is 4.45. The van der Waals surface area contributed by atoms with E-state index < -0.39 is 0 Å². The molecule has 0 unspecified atom stereocenters. The number of nitrogens with zero attached hydrogens (tertiary/aromatic N) is 6. The minimum absolute atomic E-state index is 0.0546. The largest absolute Gasteiger partial charge is 0.495 e. The first-order valence-corrected chi connectivity index (χ1v) is 13.1. The van der Waals surface area contributed by atoms with Crippen LogP contribution in [0.15, 0.2) is 48.7 Å². The monoisotopic (exact) mass is 514 g/mol. The van der Waals surface area contributed by atoms with Crippen molar-refractivity contribution in [2.75, 3.05) is 74.4 Å². The van der Waals surface area contributed by atoms with E-state index in [9.17, 15) is 4.79 Å². The van der Waals surface area contributed by atoms with Gasteiger partial charge in [0, 0.05) is 68.5 Å². The molecular formula is C28H34N8O2. The van der Waals surface area contributed by atoms with Gasteiger partial charge in [0.1, 0.15) is 11.6 Å². The van der Waals surface area contributed by atoms with Crippen LogP contribution in [0.1, 0.15) is 23.6 Å². The van der Waals surface area contributed by atoms with Crippen LogP contribution in [0, 0.1) is 0 Å². The van der Waals surface area contributed by atoms with Gasteiger partial charge in [-0.15, -0.1) is 0 Å². The van der Waals surface area contributed by atoms with E-state index in [4.69, 9.17) is 9.72 Å². The third-order valence-corrected chi connectivity index (χ3v) is 7.76. The summed E-state index contributed by atoms with van der Waals surface area (Å²) in [5.41, 5.74) is 5.08. The number of methoxy groups -OCH3 is 1. The summed E-state index contributed by atoms with van der Waals surface area (Å²) in [6.45, 7) is 5.44. The molecule has 0 aliphatic carbocycles. The van der Waals surface area contributed by atoms with Gasteiger partial charge in [-0.1, -0.05) is 12.1 Å². The van der Waals surface area contributed by atoms with Gasteiger partial charge in [-0.05, 0) is 43.8 Å². The average molecular weight is 515 g/mol. The maximum absolute atomic E-state index is 13.5.